The first kappa shape index (κ1) is 108. The highest BCUT2D eigenvalue weighted by Crippen LogP contribution is 2.39. The van der Waals surface area contributed by atoms with E-state index in [0.29, 0.717) is 51.1 Å². The van der Waals surface area contributed by atoms with Gasteiger partial charge in [-0.15, -0.1) is 0 Å². The molecule has 0 radical (unpaired) electrons. The smallest absolute Gasteiger partial charge is 0.360 e. The Morgan fingerprint density at radius 2 is 0.587 bits per heavy atom. The average Bonchev–Trinajstić information content (AvgIpc) is 0.730. The maximum atomic E-state index is 13.4. The lowest BCUT2D eigenvalue weighted by molar-refractivity contribution is 0.0515. The summed E-state index contributed by atoms with van der Waals surface area (Å²) in [5, 5.41) is 30.0. The van der Waals surface area contributed by atoms with E-state index in [1.54, 1.807) is 117 Å². The predicted octanol–water partition coefficient (Wildman–Crippen LogP) is 19.0. The average molecular weight is 2160 g/mol. The van der Waals surface area contributed by atoms with E-state index < -0.39 is 140 Å². The number of hydrogen-bond acceptors (Lipinski definition) is 30. The van der Waals surface area contributed by atoms with E-state index in [1.807, 2.05) is 29.5 Å². The van der Waals surface area contributed by atoms with Crippen molar-refractivity contribution in [2.75, 3.05) is 35.0 Å². The molecule has 0 amide bonds. The number of pyridine rings is 8. The number of carbonyl (C=O) groups excluding carboxylic acids is 5. The number of fused-ring (bicyclic) bond motifs is 4. The number of carbonyl (C=O) groups is 7. The van der Waals surface area contributed by atoms with Gasteiger partial charge in [0.2, 0.25) is 17.2 Å². The SMILES string of the molecule is COC(=O)c1nc(C(=O)O)c2cc(Cc3ccc(F)cc3)cnc2c1O.COC(=O)c1nc(C(=O)O)c2cc(Cc3ccc(F)cc3)cnc2c1OS(=O)(=O)c1ccc(C)cc1.COC(=O)c1nc(C(=O)OCC[Si](C)(C)C)c2cc(Cc3ccc(F)cc3)cnc2c1OS(=O)(=O)c1ccc(C)cc1.COC(=O)c1nc(I)c2cc(Cc3ccc(F)cc3)cnc2c1OS(=O)(=O)c1ccc(C)cc1.C[Si](C)(C)C. The van der Waals surface area contributed by atoms with Crippen molar-refractivity contribution in [3.63, 3.8) is 0 Å². The van der Waals surface area contributed by atoms with Crippen molar-refractivity contribution < 1.29 is 128 Å². The van der Waals surface area contributed by atoms with Crippen molar-refractivity contribution in [3.8, 4) is 23.0 Å². The molecule has 0 bridgehead atoms. The molecular formula is C101H93F4IN8O24S3Si2. The van der Waals surface area contributed by atoms with Gasteiger partial charge < -0.3 is 51.6 Å². The Bertz CT molecular complexity index is 7740. The molecule has 32 nitrogen and oxygen atoms in total. The van der Waals surface area contributed by atoms with E-state index in [-0.39, 0.29) is 101 Å². The van der Waals surface area contributed by atoms with Gasteiger partial charge in [-0.2, -0.15) is 25.3 Å². The van der Waals surface area contributed by atoms with E-state index in [0.717, 1.165) is 65.8 Å². The fraction of sp³-hybridized carbons (Fsp3) is 0.198. The van der Waals surface area contributed by atoms with Crippen LogP contribution in [-0.2, 0) is 79.7 Å². The summed E-state index contributed by atoms with van der Waals surface area (Å²) in [4.78, 5) is 119. The van der Waals surface area contributed by atoms with Gasteiger partial charge >= 0.3 is 72.1 Å². The van der Waals surface area contributed by atoms with Crippen LogP contribution in [-0.4, -0.2) is 173 Å². The van der Waals surface area contributed by atoms with E-state index in [2.05, 4.69) is 95.2 Å². The molecule has 0 saturated carbocycles. The normalized spacial score (nSPS) is 11.4. The number of methoxy groups -OCH3 is 4. The van der Waals surface area contributed by atoms with Crippen LogP contribution in [0.15, 0.2) is 234 Å². The van der Waals surface area contributed by atoms with Crippen molar-refractivity contribution in [1.29, 1.82) is 0 Å². The minimum atomic E-state index is -4.45. The number of hydrogen-bond donors (Lipinski definition) is 3. The molecule has 0 aliphatic carbocycles. The highest BCUT2D eigenvalue weighted by molar-refractivity contribution is 14.1. The Morgan fingerprint density at radius 3 is 0.881 bits per heavy atom. The van der Waals surface area contributed by atoms with Crippen LogP contribution in [0.5, 0.6) is 23.0 Å². The zero-order valence-corrected chi connectivity index (χ0v) is 85.7. The van der Waals surface area contributed by atoms with Crippen LogP contribution in [0.2, 0.25) is 51.9 Å². The third kappa shape index (κ3) is 28.7. The van der Waals surface area contributed by atoms with Crippen molar-refractivity contribution in [2.45, 2.75) is 113 Å². The Kier molecular flexibility index (Phi) is 35.3. The summed E-state index contributed by atoms with van der Waals surface area (Å²) < 4.78 is 172. The van der Waals surface area contributed by atoms with Crippen LogP contribution in [0.4, 0.5) is 17.6 Å². The fourth-order valence-electron chi connectivity index (χ4n) is 13.3. The summed E-state index contributed by atoms with van der Waals surface area (Å²) in [6, 6.07) is 48.5. The molecule has 0 unspecified atom stereocenters. The molecule has 0 saturated heterocycles. The fourth-order valence-corrected chi connectivity index (χ4v) is 17.5. The second-order valence-corrected chi connectivity index (χ2v) is 52.0. The first-order valence-corrected chi connectivity index (χ1v) is 56.1. The molecule has 143 heavy (non-hydrogen) atoms. The first-order chi connectivity index (χ1) is 67.4. The summed E-state index contributed by atoms with van der Waals surface area (Å²) in [6.45, 7) is 21.3. The predicted molar refractivity (Wildman–Crippen MR) is 533 cm³/mol. The van der Waals surface area contributed by atoms with Gasteiger partial charge in [-0.3, -0.25) is 19.9 Å². The van der Waals surface area contributed by atoms with E-state index in [9.17, 15) is 91.7 Å². The van der Waals surface area contributed by atoms with Gasteiger partial charge in [0, 0.05) is 62.5 Å². The van der Waals surface area contributed by atoms with Crippen molar-refractivity contribution in [3.05, 3.63) is 347 Å². The number of ether oxygens (including phenoxy) is 5. The van der Waals surface area contributed by atoms with Crippen LogP contribution >= 0.6 is 22.6 Å². The highest BCUT2D eigenvalue weighted by atomic mass is 127. The number of aryl methyl sites for hydroxylation is 3. The van der Waals surface area contributed by atoms with Gasteiger partial charge in [0.05, 0.1) is 35.0 Å². The number of carboxylic acid groups (broad SMARTS) is 2. The number of aromatic carboxylic acids is 2. The lowest BCUT2D eigenvalue weighted by Crippen LogP contribution is -2.23. The quantitative estimate of drug-likeness (QED) is 0.00818. The van der Waals surface area contributed by atoms with E-state index >= 15 is 0 Å². The van der Waals surface area contributed by atoms with Crippen molar-refractivity contribution >= 4 is 154 Å². The molecule has 0 spiro atoms. The van der Waals surface area contributed by atoms with Crippen LogP contribution < -0.4 is 12.5 Å². The van der Waals surface area contributed by atoms with Gasteiger partial charge in [-0.25, -0.2) is 71.1 Å². The van der Waals surface area contributed by atoms with Crippen molar-refractivity contribution in [1.82, 2.24) is 39.9 Å². The number of aromatic nitrogens is 8. The molecular weight excluding hydrogens is 2060 g/mol. The zero-order valence-electron chi connectivity index (χ0n) is 79.1. The summed E-state index contributed by atoms with van der Waals surface area (Å²) in [5.41, 5.74) is 4.84. The monoisotopic (exact) mass is 2160 g/mol. The van der Waals surface area contributed by atoms with E-state index in [4.69, 9.17) is 26.8 Å². The summed E-state index contributed by atoms with van der Waals surface area (Å²) in [7, 11) is -11.0. The Balaban J connectivity index is 0.000000181. The van der Waals surface area contributed by atoms with Crippen LogP contribution in [0.25, 0.3) is 43.6 Å². The second-order valence-electron chi connectivity index (χ2n) is 34.8. The first-order valence-electron chi connectivity index (χ1n) is 43.1. The Labute approximate surface area is 834 Å². The lowest BCUT2D eigenvalue weighted by atomic mass is 10.0. The standard InChI is InChI=1S/C30H31FN2O7SSi.C25H19FN2O7S.C24H18FIN2O5S.C18H13FN2O5.C4H12Si/c1-19-6-12-23(13-7-19)41(36,37)40-28-25-24(17-21(18-32-25)16-20-8-10-22(31)11-9-20)26(33-27(28)29(34)38-2)30(35)39-14-15-42(3,4)5;1-14-3-9-18(10-4-14)36(32,33)35-23-20-19(21(24(29)30)28-22(23)25(31)34-2)12-16(13-27-20)11-15-5-7-17(26)8-6-15;1-14-3-9-18(10-4-14)34(30,31)33-22-20-19(23(26)28-21(22)24(29)32-2)12-16(13-27-20)11-15-5-7-17(25)8-6-15;1-26-18(25)15-16(22)13-12(14(21-15)17(23)24)7-10(8-20-13)6-9-2-4-11(19)5-3-9;1-5(2,3)4/h6-13,17-18H,14-16H2,1-5H3;3-10,12-13H,11H2,1-2H3,(H,29,30);3-10,12-13H,11H2,1-2H3;2-5,7-8,22H,6H2,1H3,(H,23,24);1-4H3. The molecule has 0 atom stereocenters. The maximum Gasteiger partial charge on any atom is 0.360 e. The molecule has 15 aromatic rings. The second kappa shape index (κ2) is 46.6. The molecule has 15 rings (SSSR count). The molecule has 42 heteroatoms. The van der Waals surface area contributed by atoms with Crippen LogP contribution in [0.3, 0.4) is 0 Å². The molecule has 0 aliphatic rings. The molecule has 3 N–H and O–H groups in total. The number of rotatable bonds is 27. The number of halogens is 5. The number of aromatic hydroxyl groups is 1. The number of carboxylic acids is 2. The summed E-state index contributed by atoms with van der Waals surface area (Å²) in [5.74, 6) is -11.0. The Morgan fingerprint density at radius 1 is 0.336 bits per heavy atom. The van der Waals surface area contributed by atoms with Crippen LogP contribution in [0, 0.1) is 47.7 Å². The molecule has 0 fully saturated rings. The Hall–Kier alpha value is -15.0. The minimum Gasteiger partial charge on any atom is -0.504 e. The highest BCUT2D eigenvalue weighted by Gasteiger charge is 2.35. The minimum absolute atomic E-state index is 0.0520. The molecule has 7 aromatic carbocycles. The summed E-state index contributed by atoms with van der Waals surface area (Å²) >= 11 is 1.94. The number of esters is 5. The van der Waals surface area contributed by atoms with Gasteiger partial charge in [0.1, 0.15) is 63.7 Å². The largest absolute Gasteiger partial charge is 0.504 e. The third-order valence-electron chi connectivity index (χ3n) is 20.4. The molecule has 8 aromatic heterocycles. The lowest BCUT2D eigenvalue weighted by Gasteiger charge is -2.17. The van der Waals surface area contributed by atoms with Gasteiger partial charge in [0.25, 0.3) is 0 Å². The van der Waals surface area contributed by atoms with Gasteiger partial charge in [-0.1, -0.05) is 147 Å². The number of benzene rings is 7. The third-order valence-corrected chi connectivity index (χ3v) is 26.6. The molecule has 742 valence electrons. The maximum absolute atomic E-state index is 13.4. The van der Waals surface area contributed by atoms with Crippen LogP contribution in [0.1, 0.15) is 135 Å². The molecule has 8 heterocycles. The number of nitrogens with zero attached hydrogens (tertiary/aromatic N) is 8. The van der Waals surface area contributed by atoms with E-state index in [1.165, 1.54) is 123 Å². The van der Waals surface area contributed by atoms with Crippen molar-refractivity contribution in [2.24, 2.45) is 0 Å². The molecule has 0 aliphatic heterocycles. The topological polar surface area (TPSA) is 460 Å². The summed E-state index contributed by atoms with van der Waals surface area (Å²) in [6.07, 6.45) is 7.27. The van der Waals surface area contributed by atoms with Gasteiger partial charge in [0.15, 0.2) is 45.6 Å². The van der Waals surface area contributed by atoms with Gasteiger partial charge in [-0.05, 0) is 229 Å². The zero-order chi connectivity index (χ0) is 104.